The number of hydrogen-bond donors (Lipinski definition) is 1. The average molecular weight is 272 g/mol. The van der Waals surface area contributed by atoms with Gasteiger partial charge in [0.25, 0.3) is 0 Å². The number of hydrogen-bond acceptors (Lipinski definition) is 2. The van der Waals surface area contributed by atoms with Crippen molar-refractivity contribution >= 4 is 11.4 Å². The van der Waals surface area contributed by atoms with E-state index < -0.39 is 0 Å². The van der Waals surface area contributed by atoms with Gasteiger partial charge in [-0.05, 0) is 48.7 Å². The van der Waals surface area contributed by atoms with Gasteiger partial charge in [0.2, 0.25) is 0 Å². The van der Waals surface area contributed by atoms with Crippen molar-refractivity contribution in [3.05, 3.63) is 59.9 Å². The van der Waals surface area contributed by atoms with Gasteiger partial charge < -0.3 is 10.6 Å². The molecule has 3 heteroatoms. The van der Waals surface area contributed by atoms with Crippen molar-refractivity contribution in [2.24, 2.45) is 5.73 Å². The standard InChI is InChI=1S/C17H21FN2/c1-3-15(19)12-13-6-4-5-7-17(13)20(2)16-10-8-14(18)9-11-16/h4-11,15H,3,12,19H2,1-2H3. The fourth-order valence-corrected chi connectivity index (χ4v) is 2.24. The first-order valence-corrected chi connectivity index (χ1v) is 6.94. The van der Waals surface area contributed by atoms with Crippen LogP contribution >= 0.6 is 0 Å². The summed E-state index contributed by atoms with van der Waals surface area (Å²) in [4.78, 5) is 2.07. The maximum Gasteiger partial charge on any atom is 0.123 e. The lowest BCUT2D eigenvalue weighted by Crippen LogP contribution is -2.23. The molecule has 2 nitrogen and oxygen atoms in total. The van der Waals surface area contributed by atoms with E-state index in [0.717, 1.165) is 24.2 Å². The number of nitrogens with two attached hydrogens (primary N) is 1. The molecule has 2 rings (SSSR count). The fourth-order valence-electron chi connectivity index (χ4n) is 2.24. The summed E-state index contributed by atoms with van der Waals surface area (Å²) in [6, 6.07) is 14.9. The van der Waals surface area contributed by atoms with Crippen molar-refractivity contribution in [1.29, 1.82) is 0 Å². The molecule has 0 saturated heterocycles. The van der Waals surface area contributed by atoms with Crippen LogP contribution in [0.3, 0.4) is 0 Å². The molecule has 0 fully saturated rings. The smallest absolute Gasteiger partial charge is 0.123 e. The molecule has 0 amide bonds. The lowest BCUT2D eigenvalue weighted by atomic mass is 10.0. The molecular weight excluding hydrogens is 251 g/mol. The van der Waals surface area contributed by atoms with Crippen molar-refractivity contribution < 1.29 is 4.39 Å². The molecule has 1 unspecified atom stereocenters. The van der Waals surface area contributed by atoms with Crippen molar-refractivity contribution in [2.45, 2.75) is 25.8 Å². The van der Waals surface area contributed by atoms with Gasteiger partial charge in [-0.25, -0.2) is 4.39 Å². The largest absolute Gasteiger partial charge is 0.344 e. The Hall–Kier alpha value is -1.87. The van der Waals surface area contributed by atoms with Crippen molar-refractivity contribution in [1.82, 2.24) is 0 Å². The Kier molecular flexibility index (Phi) is 4.74. The number of halogens is 1. The Labute approximate surface area is 120 Å². The molecule has 20 heavy (non-hydrogen) atoms. The van der Waals surface area contributed by atoms with Crippen LogP contribution in [0.1, 0.15) is 18.9 Å². The molecule has 0 bridgehead atoms. The quantitative estimate of drug-likeness (QED) is 0.895. The molecule has 0 radical (unpaired) electrons. The van der Waals surface area contributed by atoms with Crippen molar-refractivity contribution in [2.75, 3.05) is 11.9 Å². The highest BCUT2D eigenvalue weighted by Crippen LogP contribution is 2.27. The van der Waals surface area contributed by atoms with Gasteiger partial charge >= 0.3 is 0 Å². The van der Waals surface area contributed by atoms with Crippen LogP contribution < -0.4 is 10.6 Å². The molecule has 2 N–H and O–H groups in total. The van der Waals surface area contributed by atoms with E-state index in [-0.39, 0.29) is 11.9 Å². The Bertz CT molecular complexity index is 551. The zero-order chi connectivity index (χ0) is 14.5. The van der Waals surface area contributed by atoms with Crippen LogP contribution in [0.2, 0.25) is 0 Å². The highest BCUT2D eigenvalue weighted by Gasteiger charge is 2.11. The van der Waals surface area contributed by atoms with Gasteiger partial charge in [0.15, 0.2) is 0 Å². The van der Waals surface area contributed by atoms with E-state index in [1.165, 1.54) is 17.7 Å². The summed E-state index contributed by atoms with van der Waals surface area (Å²) < 4.78 is 13.0. The van der Waals surface area contributed by atoms with E-state index in [0.29, 0.717) is 0 Å². The molecule has 2 aromatic rings. The fraction of sp³-hybridized carbons (Fsp3) is 0.294. The van der Waals surface area contributed by atoms with Gasteiger partial charge in [0.1, 0.15) is 5.82 Å². The van der Waals surface area contributed by atoms with Gasteiger partial charge in [-0.15, -0.1) is 0 Å². The summed E-state index contributed by atoms with van der Waals surface area (Å²) >= 11 is 0. The zero-order valence-corrected chi connectivity index (χ0v) is 12.0. The molecule has 1 atom stereocenters. The average Bonchev–Trinajstić information content (AvgIpc) is 2.48. The maximum atomic E-state index is 13.0. The lowest BCUT2D eigenvalue weighted by molar-refractivity contribution is 0.628. The van der Waals surface area contributed by atoms with Crippen LogP contribution in [0.25, 0.3) is 0 Å². The summed E-state index contributed by atoms with van der Waals surface area (Å²) in [7, 11) is 1.99. The number of anilines is 2. The van der Waals surface area contributed by atoms with Crippen LogP contribution in [0, 0.1) is 5.82 Å². The number of nitrogens with zero attached hydrogens (tertiary/aromatic N) is 1. The van der Waals surface area contributed by atoms with Crippen LogP contribution in [0.4, 0.5) is 15.8 Å². The Morgan fingerprint density at radius 2 is 1.75 bits per heavy atom. The topological polar surface area (TPSA) is 29.3 Å². The minimum atomic E-state index is -0.219. The van der Waals surface area contributed by atoms with E-state index in [1.54, 1.807) is 12.1 Å². The van der Waals surface area contributed by atoms with Gasteiger partial charge in [-0.2, -0.15) is 0 Å². The first-order chi connectivity index (χ1) is 9.61. The summed E-state index contributed by atoms with van der Waals surface area (Å²) in [5, 5.41) is 0. The molecule has 0 aliphatic carbocycles. The number of benzene rings is 2. The van der Waals surface area contributed by atoms with Crippen LogP contribution in [0.5, 0.6) is 0 Å². The second-order valence-electron chi connectivity index (χ2n) is 5.04. The minimum Gasteiger partial charge on any atom is -0.344 e. The molecule has 0 aliphatic rings. The van der Waals surface area contributed by atoms with Crippen LogP contribution in [-0.2, 0) is 6.42 Å². The SMILES string of the molecule is CCC(N)Cc1ccccc1N(C)c1ccc(F)cc1. The summed E-state index contributed by atoms with van der Waals surface area (Å²) in [5.74, 6) is -0.219. The third kappa shape index (κ3) is 3.36. The van der Waals surface area contributed by atoms with Crippen molar-refractivity contribution in [3.63, 3.8) is 0 Å². The van der Waals surface area contributed by atoms with Crippen molar-refractivity contribution in [3.8, 4) is 0 Å². The van der Waals surface area contributed by atoms with Gasteiger partial charge in [-0.3, -0.25) is 0 Å². The second-order valence-corrected chi connectivity index (χ2v) is 5.04. The molecule has 0 saturated carbocycles. The third-order valence-electron chi connectivity index (χ3n) is 3.57. The molecule has 2 aromatic carbocycles. The number of para-hydroxylation sites is 1. The van der Waals surface area contributed by atoms with E-state index in [9.17, 15) is 4.39 Å². The van der Waals surface area contributed by atoms with E-state index >= 15 is 0 Å². The molecular formula is C17H21FN2. The second kappa shape index (κ2) is 6.53. The Morgan fingerprint density at radius 3 is 2.40 bits per heavy atom. The highest BCUT2D eigenvalue weighted by atomic mass is 19.1. The molecule has 0 aliphatic heterocycles. The maximum absolute atomic E-state index is 13.0. The van der Waals surface area contributed by atoms with Gasteiger partial charge in [-0.1, -0.05) is 25.1 Å². The van der Waals surface area contributed by atoms with E-state index in [1.807, 2.05) is 19.2 Å². The molecule has 0 spiro atoms. The zero-order valence-electron chi connectivity index (χ0n) is 12.0. The highest BCUT2D eigenvalue weighted by molar-refractivity contribution is 5.65. The Balaban J connectivity index is 2.29. The summed E-state index contributed by atoms with van der Waals surface area (Å²) in [5.41, 5.74) is 9.36. The predicted octanol–water partition coefficient (Wildman–Crippen LogP) is 3.87. The molecule has 106 valence electrons. The van der Waals surface area contributed by atoms with Crippen LogP contribution in [-0.4, -0.2) is 13.1 Å². The van der Waals surface area contributed by atoms with Crippen LogP contribution in [0.15, 0.2) is 48.5 Å². The summed E-state index contributed by atoms with van der Waals surface area (Å²) in [6.07, 6.45) is 1.80. The predicted molar refractivity (Wildman–Crippen MR) is 82.9 cm³/mol. The summed E-state index contributed by atoms with van der Waals surface area (Å²) in [6.45, 7) is 2.09. The molecule has 0 aromatic heterocycles. The number of rotatable bonds is 5. The van der Waals surface area contributed by atoms with Gasteiger partial charge in [0.05, 0.1) is 0 Å². The first kappa shape index (κ1) is 14.5. The van der Waals surface area contributed by atoms with E-state index in [4.69, 9.17) is 5.73 Å². The normalized spacial score (nSPS) is 12.2. The monoisotopic (exact) mass is 272 g/mol. The minimum absolute atomic E-state index is 0.165. The first-order valence-electron chi connectivity index (χ1n) is 6.94. The Morgan fingerprint density at radius 1 is 1.10 bits per heavy atom. The third-order valence-corrected chi connectivity index (χ3v) is 3.57. The van der Waals surface area contributed by atoms with Gasteiger partial charge in [0, 0.05) is 24.5 Å². The molecule has 0 heterocycles. The lowest BCUT2D eigenvalue weighted by Gasteiger charge is -2.23. The van der Waals surface area contributed by atoms with E-state index in [2.05, 4.69) is 24.0 Å².